The van der Waals surface area contributed by atoms with Crippen molar-refractivity contribution in [1.29, 1.82) is 0 Å². The van der Waals surface area contributed by atoms with E-state index in [1.54, 1.807) is 0 Å². The molecule has 6 nitrogen and oxygen atoms in total. The summed E-state index contributed by atoms with van der Waals surface area (Å²) in [6, 6.07) is 31.8. The van der Waals surface area contributed by atoms with E-state index < -0.39 is 24.7 Å². The number of hydrogen-bond acceptors (Lipinski definition) is 6. The third-order valence-electron chi connectivity index (χ3n) is 6.95. The summed E-state index contributed by atoms with van der Waals surface area (Å²) >= 11 is 0. The highest BCUT2D eigenvalue weighted by molar-refractivity contribution is 6.81. The molecule has 0 amide bonds. The van der Waals surface area contributed by atoms with Crippen LogP contribution in [0.15, 0.2) is 106 Å². The molecule has 1 fully saturated rings. The zero-order valence-corrected chi connectivity index (χ0v) is 30.0. The van der Waals surface area contributed by atoms with Gasteiger partial charge in [0.1, 0.15) is 0 Å². The minimum absolute atomic E-state index is 0.689. The number of hydrogen-bond donors (Lipinski definition) is 0. The van der Waals surface area contributed by atoms with Gasteiger partial charge in [-0.15, -0.1) is 0 Å². The molecule has 0 aromatic heterocycles. The fourth-order valence-corrected chi connectivity index (χ4v) is 9.01. The Hall–Kier alpha value is -3.28. The minimum atomic E-state index is -1.88. The van der Waals surface area contributed by atoms with Crippen molar-refractivity contribution >= 4 is 58.9 Å². The van der Waals surface area contributed by atoms with E-state index >= 15 is 0 Å². The lowest BCUT2D eigenvalue weighted by Crippen LogP contribution is -2.47. The predicted octanol–water partition coefficient (Wildman–Crippen LogP) is 9.26. The third kappa shape index (κ3) is 8.17. The molecule has 3 aromatic rings. The van der Waals surface area contributed by atoms with Gasteiger partial charge in [0.25, 0.3) is 0 Å². The predicted molar refractivity (Wildman–Crippen MR) is 193 cm³/mol. The first-order valence-electron chi connectivity index (χ1n) is 15.0. The smallest absolute Gasteiger partial charge is 0.176 e. The van der Waals surface area contributed by atoms with Gasteiger partial charge in [-0.2, -0.15) is 15.3 Å². The summed E-state index contributed by atoms with van der Waals surface area (Å²) < 4.78 is 6.88. The number of anilines is 3. The van der Waals surface area contributed by atoms with Crippen molar-refractivity contribution in [2.45, 2.75) is 78.2 Å². The van der Waals surface area contributed by atoms with Crippen LogP contribution in [0, 0.1) is 0 Å². The van der Waals surface area contributed by atoms with Crippen molar-refractivity contribution in [3.8, 4) is 0 Å². The van der Waals surface area contributed by atoms with E-state index in [4.69, 9.17) is 15.3 Å². The summed E-state index contributed by atoms with van der Waals surface area (Å²) in [5.41, 5.74) is 6.69. The zero-order chi connectivity index (χ0) is 30.5. The maximum Gasteiger partial charge on any atom is 0.176 e. The SMILES string of the molecule is C[Si](C)(C)N(N=C1CCC(=NN(c2ccccc2)[Si](C)(C)C)C(=NN(c2ccccc2)[Si](C)(C)C)C1)c1ccccc1. The molecular formula is C33H48N6Si3. The summed E-state index contributed by atoms with van der Waals surface area (Å²) in [7, 11) is -5.51. The van der Waals surface area contributed by atoms with Gasteiger partial charge in [-0.05, 0) is 108 Å². The van der Waals surface area contributed by atoms with Crippen molar-refractivity contribution in [1.82, 2.24) is 0 Å². The molecule has 0 spiro atoms. The topological polar surface area (TPSA) is 46.8 Å². The van der Waals surface area contributed by atoms with Crippen LogP contribution in [0.5, 0.6) is 0 Å². The average Bonchev–Trinajstić information content (AvgIpc) is 2.93. The molecule has 1 aliphatic carbocycles. The molecule has 1 aliphatic rings. The Morgan fingerprint density at radius 3 is 1.12 bits per heavy atom. The molecule has 1 saturated carbocycles. The molecule has 42 heavy (non-hydrogen) atoms. The molecule has 0 aliphatic heterocycles. The van der Waals surface area contributed by atoms with E-state index in [2.05, 4.69) is 164 Å². The van der Waals surface area contributed by atoms with Crippen LogP contribution in [0.4, 0.5) is 17.1 Å². The van der Waals surface area contributed by atoms with E-state index in [-0.39, 0.29) is 0 Å². The van der Waals surface area contributed by atoms with E-state index in [0.717, 1.165) is 41.3 Å². The third-order valence-corrected chi connectivity index (χ3v) is 11.8. The summed E-state index contributed by atoms with van der Waals surface area (Å²) in [5.74, 6) is 0. The zero-order valence-electron chi connectivity index (χ0n) is 27.0. The lowest BCUT2D eigenvalue weighted by atomic mass is 9.94. The van der Waals surface area contributed by atoms with Gasteiger partial charge in [0.15, 0.2) is 24.7 Å². The van der Waals surface area contributed by atoms with Crippen molar-refractivity contribution in [3.05, 3.63) is 91.0 Å². The van der Waals surface area contributed by atoms with Crippen LogP contribution in [0.1, 0.15) is 19.3 Å². The molecule has 0 saturated heterocycles. The first-order valence-corrected chi connectivity index (χ1v) is 25.4. The summed E-state index contributed by atoms with van der Waals surface area (Å²) in [5, 5.41) is 16.2. The van der Waals surface area contributed by atoms with Crippen LogP contribution in [0.3, 0.4) is 0 Å². The van der Waals surface area contributed by atoms with Gasteiger partial charge in [-0.1, -0.05) is 54.6 Å². The second-order valence-electron chi connectivity index (χ2n) is 13.9. The van der Waals surface area contributed by atoms with Gasteiger partial charge < -0.3 is 0 Å². The van der Waals surface area contributed by atoms with Crippen LogP contribution in [0.2, 0.25) is 58.9 Å². The monoisotopic (exact) mass is 612 g/mol. The number of benzene rings is 3. The summed E-state index contributed by atoms with van der Waals surface area (Å²) in [6.45, 7) is 21.1. The van der Waals surface area contributed by atoms with Gasteiger partial charge in [-0.25, -0.2) is 0 Å². The molecule has 0 radical (unpaired) electrons. The Morgan fingerprint density at radius 2 is 0.762 bits per heavy atom. The Balaban J connectivity index is 1.84. The van der Waals surface area contributed by atoms with Crippen LogP contribution in [0.25, 0.3) is 0 Å². The molecule has 0 unspecified atom stereocenters. The Morgan fingerprint density at radius 1 is 0.429 bits per heavy atom. The minimum Gasteiger partial charge on any atom is -0.295 e. The first-order chi connectivity index (χ1) is 19.7. The Labute approximate surface area is 256 Å². The lowest BCUT2D eigenvalue weighted by Gasteiger charge is -2.36. The molecule has 0 heterocycles. The maximum atomic E-state index is 5.46. The van der Waals surface area contributed by atoms with E-state index in [1.165, 1.54) is 5.71 Å². The van der Waals surface area contributed by atoms with Gasteiger partial charge >= 0.3 is 0 Å². The van der Waals surface area contributed by atoms with E-state index in [9.17, 15) is 0 Å². The van der Waals surface area contributed by atoms with Crippen molar-refractivity contribution < 1.29 is 0 Å². The molecular weight excluding hydrogens is 565 g/mol. The van der Waals surface area contributed by atoms with Gasteiger partial charge in [0.05, 0.1) is 11.4 Å². The van der Waals surface area contributed by atoms with Gasteiger partial charge in [-0.3, -0.25) is 14.0 Å². The highest BCUT2D eigenvalue weighted by Gasteiger charge is 2.32. The number of para-hydroxylation sites is 3. The fourth-order valence-electron chi connectivity index (χ4n) is 4.95. The normalized spacial score (nSPS) is 17.5. The van der Waals surface area contributed by atoms with Gasteiger partial charge in [0.2, 0.25) is 0 Å². The number of hydrazone groups is 3. The summed E-state index contributed by atoms with van der Waals surface area (Å²) in [4.78, 5) is 0. The molecule has 222 valence electrons. The van der Waals surface area contributed by atoms with Crippen molar-refractivity contribution in [2.24, 2.45) is 15.3 Å². The molecule has 0 atom stereocenters. The second-order valence-corrected chi connectivity index (χ2v) is 28.2. The lowest BCUT2D eigenvalue weighted by molar-refractivity contribution is 1.00. The number of rotatable bonds is 9. The molecule has 4 rings (SSSR count). The fraction of sp³-hybridized carbons (Fsp3) is 0.364. The molecule has 3 aromatic carbocycles. The van der Waals surface area contributed by atoms with Crippen LogP contribution in [-0.4, -0.2) is 41.8 Å². The number of nitrogens with zero attached hydrogens (tertiary/aromatic N) is 6. The van der Waals surface area contributed by atoms with Crippen molar-refractivity contribution in [3.63, 3.8) is 0 Å². The van der Waals surface area contributed by atoms with Crippen LogP contribution in [-0.2, 0) is 0 Å². The highest BCUT2D eigenvalue weighted by Crippen LogP contribution is 2.28. The average molecular weight is 613 g/mol. The molecule has 0 bridgehead atoms. The largest absolute Gasteiger partial charge is 0.295 e. The maximum absolute atomic E-state index is 5.46. The van der Waals surface area contributed by atoms with E-state index in [0.29, 0.717) is 6.42 Å². The first kappa shape index (κ1) is 31.7. The quantitative estimate of drug-likeness (QED) is 0.179. The standard InChI is InChI=1S/C33H48N6Si3/c1-40(2,3)37(29-19-13-10-14-20-29)34-28-25-26-32(35-38(41(4,5)6)30-21-15-11-16-22-30)33(27-28)36-39(42(7,8)9)31-23-17-12-18-24-31/h10-24H,25-27H2,1-9H3. The van der Waals surface area contributed by atoms with Crippen LogP contribution < -0.4 is 14.0 Å². The van der Waals surface area contributed by atoms with Crippen molar-refractivity contribution in [2.75, 3.05) is 14.0 Å². The molecule has 9 heteroatoms. The highest BCUT2D eigenvalue weighted by atomic mass is 28.3. The Kier molecular flexibility index (Phi) is 9.74. The summed E-state index contributed by atoms with van der Waals surface area (Å²) in [6.07, 6.45) is 2.38. The van der Waals surface area contributed by atoms with Gasteiger partial charge in [0, 0.05) is 29.2 Å². The second kappa shape index (κ2) is 12.9. The van der Waals surface area contributed by atoms with Crippen LogP contribution >= 0.6 is 0 Å². The van der Waals surface area contributed by atoms with E-state index in [1.807, 2.05) is 0 Å². The molecule has 0 N–H and O–H groups in total. The Bertz CT molecular complexity index is 1400.